The lowest BCUT2D eigenvalue weighted by atomic mass is 10.1. The molecule has 3 aromatic rings. The predicted molar refractivity (Wildman–Crippen MR) is 136 cm³/mol. The first-order valence-corrected chi connectivity index (χ1v) is 11.6. The number of H-pyrrole nitrogens is 1. The summed E-state index contributed by atoms with van der Waals surface area (Å²) < 4.78 is 25.9. The van der Waals surface area contributed by atoms with Crippen LogP contribution in [0.4, 0.5) is 0 Å². The fourth-order valence-electron chi connectivity index (χ4n) is 2.99. The number of benzene rings is 1. The van der Waals surface area contributed by atoms with E-state index in [0.29, 0.717) is 16.7 Å². The molecule has 164 valence electrons. The lowest BCUT2D eigenvalue weighted by Gasteiger charge is -2.11. The molecular formula is C20H28IN5O2S2. The van der Waals surface area contributed by atoms with Gasteiger partial charge in [-0.15, -0.1) is 35.3 Å². The van der Waals surface area contributed by atoms with Crippen LogP contribution >= 0.6 is 35.3 Å². The smallest absolute Gasteiger partial charge is 0.252 e. The molecule has 0 aliphatic carbocycles. The molecule has 0 radical (unpaired) electrons. The van der Waals surface area contributed by atoms with Gasteiger partial charge in [-0.25, -0.2) is 12.7 Å². The zero-order chi connectivity index (χ0) is 21.0. The summed E-state index contributed by atoms with van der Waals surface area (Å²) in [5.74, 6) is 0.686. The van der Waals surface area contributed by atoms with E-state index in [1.165, 1.54) is 46.3 Å². The highest BCUT2D eigenvalue weighted by molar-refractivity contribution is 14.0. The fraction of sp³-hybridized carbons (Fsp3) is 0.350. The number of hydrogen-bond donors (Lipinski definition) is 3. The second-order valence-electron chi connectivity index (χ2n) is 6.97. The second-order valence-corrected chi connectivity index (χ2v) is 10.5. The molecule has 30 heavy (non-hydrogen) atoms. The topological polar surface area (TPSA) is 89.6 Å². The Labute approximate surface area is 199 Å². The van der Waals surface area contributed by atoms with E-state index in [-0.39, 0.29) is 24.0 Å². The number of hydrogen-bond acceptors (Lipinski definition) is 4. The van der Waals surface area contributed by atoms with E-state index < -0.39 is 10.0 Å². The van der Waals surface area contributed by atoms with Crippen LogP contribution in [0.15, 0.2) is 45.7 Å². The van der Waals surface area contributed by atoms with Crippen molar-refractivity contribution >= 4 is 62.2 Å². The van der Waals surface area contributed by atoms with Crippen molar-refractivity contribution in [1.29, 1.82) is 0 Å². The summed E-state index contributed by atoms with van der Waals surface area (Å²) in [5.41, 5.74) is 3.66. The number of guanidine groups is 1. The number of nitrogens with one attached hydrogen (secondary N) is 3. The van der Waals surface area contributed by atoms with E-state index in [2.05, 4.69) is 51.9 Å². The minimum atomic E-state index is -3.38. The van der Waals surface area contributed by atoms with Crippen molar-refractivity contribution in [2.75, 3.05) is 27.7 Å². The summed E-state index contributed by atoms with van der Waals surface area (Å²) in [4.78, 5) is 8.50. The Hall–Kier alpha value is -1.63. The van der Waals surface area contributed by atoms with Gasteiger partial charge in [-0.2, -0.15) is 0 Å². The highest BCUT2D eigenvalue weighted by atomic mass is 127. The van der Waals surface area contributed by atoms with Crippen LogP contribution < -0.4 is 10.6 Å². The predicted octanol–water partition coefficient (Wildman–Crippen LogP) is 3.31. The lowest BCUT2D eigenvalue weighted by molar-refractivity contribution is 0.523. The molecule has 0 spiro atoms. The number of sulfonamides is 1. The van der Waals surface area contributed by atoms with Gasteiger partial charge in [0.25, 0.3) is 10.0 Å². The molecule has 1 aromatic carbocycles. The summed E-state index contributed by atoms with van der Waals surface area (Å²) in [5, 5.41) is 7.79. The van der Waals surface area contributed by atoms with Crippen LogP contribution in [0.3, 0.4) is 0 Å². The van der Waals surface area contributed by atoms with Gasteiger partial charge < -0.3 is 15.6 Å². The molecule has 0 saturated heterocycles. The van der Waals surface area contributed by atoms with Gasteiger partial charge in [0.05, 0.1) is 6.54 Å². The molecule has 0 unspecified atom stereocenters. The number of aromatic nitrogens is 1. The van der Waals surface area contributed by atoms with Crippen LogP contribution in [0.25, 0.3) is 10.9 Å². The first kappa shape index (κ1) is 24.6. The Balaban J connectivity index is 0.00000320. The molecule has 3 rings (SSSR count). The average molecular weight is 562 g/mol. The maximum atomic E-state index is 12.2. The van der Waals surface area contributed by atoms with Gasteiger partial charge in [0, 0.05) is 49.7 Å². The van der Waals surface area contributed by atoms with Crippen molar-refractivity contribution in [2.45, 2.75) is 24.1 Å². The van der Waals surface area contributed by atoms with Crippen molar-refractivity contribution in [3.63, 3.8) is 0 Å². The average Bonchev–Trinajstić information content (AvgIpc) is 3.31. The largest absolute Gasteiger partial charge is 0.361 e. The molecule has 0 atom stereocenters. The molecule has 0 saturated carbocycles. The van der Waals surface area contributed by atoms with Crippen molar-refractivity contribution < 1.29 is 8.42 Å². The number of rotatable bonds is 7. The van der Waals surface area contributed by atoms with E-state index in [1.807, 2.05) is 6.07 Å². The van der Waals surface area contributed by atoms with Gasteiger partial charge in [0.1, 0.15) is 4.21 Å². The van der Waals surface area contributed by atoms with Gasteiger partial charge >= 0.3 is 0 Å². The molecule has 0 bridgehead atoms. The van der Waals surface area contributed by atoms with Crippen LogP contribution in [-0.4, -0.2) is 51.4 Å². The Morgan fingerprint density at radius 3 is 2.67 bits per heavy atom. The number of aliphatic imine (C=N–C) groups is 1. The molecule has 2 aromatic heterocycles. The molecule has 0 aliphatic heterocycles. The maximum Gasteiger partial charge on any atom is 0.252 e. The van der Waals surface area contributed by atoms with Gasteiger partial charge in [-0.05, 0) is 42.7 Å². The third-order valence-electron chi connectivity index (χ3n) is 4.64. The van der Waals surface area contributed by atoms with Gasteiger partial charge in [0.15, 0.2) is 5.96 Å². The molecule has 0 amide bonds. The van der Waals surface area contributed by atoms with Crippen molar-refractivity contribution in [3.8, 4) is 0 Å². The molecule has 10 heteroatoms. The summed E-state index contributed by atoms with van der Waals surface area (Å²) in [7, 11) is 1.41. The van der Waals surface area contributed by atoms with Crippen molar-refractivity contribution in [2.24, 2.45) is 4.99 Å². The number of nitrogens with zero attached hydrogens (tertiary/aromatic N) is 2. The van der Waals surface area contributed by atoms with Crippen LogP contribution in [0.1, 0.15) is 16.0 Å². The van der Waals surface area contributed by atoms with E-state index in [4.69, 9.17) is 0 Å². The van der Waals surface area contributed by atoms with Crippen LogP contribution in [-0.2, 0) is 23.0 Å². The van der Waals surface area contributed by atoms with Crippen LogP contribution in [0, 0.1) is 6.92 Å². The number of aromatic amines is 1. The number of halogens is 1. The van der Waals surface area contributed by atoms with Crippen LogP contribution in [0.2, 0.25) is 0 Å². The molecule has 3 N–H and O–H groups in total. The molecule has 0 aliphatic rings. The highest BCUT2D eigenvalue weighted by Gasteiger charge is 2.19. The van der Waals surface area contributed by atoms with E-state index >= 15 is 0 Å². The molecular weight excluding hydrogens is 533 g/mol. The summed E-state index contributed by atoms with van der Waals surface area (Å²) in [6.07, 6.45) is 2.92. The Morgan fingerprint density at radius 2 is 1.97 bits per heavy atom. The minimum absolute atomic E-state index is 0. The maximum absolute atomic E-state index is 12.2. The Bertz CT molecular complexity index is 1120. The van der Waals surface area contributed by atoms with Gasteiger partial charge in [0.2, 0.25) is 0 Å². The van der Waals surface area contributed by atoms with Gasteiger partial charge in [-0.3, -0.25) is 4.99 Å². The Morgan fingerprint density at radius 1 is 1.20 bits per heavy atom. The number of fused-ring (bicyclic) bond motifs is 1. The van der Waals surface area contributed by atoms with Crippen molar-refractivity contribution in [3.05, 3.63) is 52.5 Å². The quantitative estimate of drug-likeness (QED) is 0.235. The first-order valence-electron chi connectivity index (χ1n) is 9.33. The molecule has 0 fully saturated rings. The number of thiophene rings is 1. The van der Waals surface area contributed by atoms with Crippen LogP contribution in [0.5, 0.6) is 0 Å². The standard InChI is InChI=1S/C20H27N5O2S2.HI/c1-14-5-7-17-15(12-23-18(17)11-14)9-10-22-20(21-2)24-13-16-6-8-19(28-16)29(26,27)25(3)4;/h5-8,11-12,23H,9-10,13H2,1-4H3,(H2,21,22,24);1H. The third kappa shape index (κ3) is 5.74. The summed E-state index contributed by atoms with van der Waals surface area (Å²) in [6, 6.07) is 9.90. The minimum Gasteiger partial charge on any atom is -0.361 e. The van der Waals surface area contributed by atoms with E-state index in [0.717, 1.165) is 23.4 Å². The SMILES string of the molecule is CN=C(NCCc1c[nH]c2cc(C)ccc12)NCc1ccc(S(=O)(=O)N(C)C)s1.I. The molecule has 7 nitrogen and oxygen atoms in total. The fourth-order valence-corrected chi connectivity index (χ4v) is 5.45. The zero-order valence-corrected chi connectivity index (χ0v) is 21.5. The number of aryl methyl sites for hydroxylation is 1. The van der Waals surface area contributed by atoms with Gasteiger partial charge in [-0.1, -0.05) is 12.1 Å². The highest BCUT2D eigenvalue weighted by Crippen LogP contribution is 2.23. The van der Waals surface area contributed by atoms with E-state index in [1.54, 1.807) is 13.1 Å². The Kier molecular flexibility index (Phi) is 8.71. The normalized spacial score (nSPS) is 12.2. The molecule has 2 heterocycles. The summed E-state index contributed by atoms with van der Waals surface area (Å²) >= 11 is 1.27. The lowest BCUT2D eigenvalue weighted by Crippen LogP contribution is -2.37. The first-order chi connectivity index (χ1) is 13.8. The zero-order valence-electron chi connectivity index (χ0n) is 17.5. The monoisotopic (exact) mass is 561 g/mol. The third-order valence-corrected chi connectivity index (χ3v) is 8.00. The van der Waals surface area contributed by atoms with Crippen molar-refractivity contribution in [1.82, 2.24) is 19.9 Å². The second kappa shape index (κ2) is 10.6. The van der Waals surface area contributed by atoms with E-state index in [9.17, 15) is 8.42 Å². The summed E-state index contributed by atoms with van der Waals surface area (Å²) in [6.45, 7) is 3.34.